The average molecular weight is 303 g/mol. The highest BCUT2D eigenvalue weighted by Gasteiger charge is 2.22. The summed E-state index contributed by atoms with van der Waals surface area (Å²) in [6.07, 6.45) is 0. The molecule has 0 heterocycles. The minimum atomic E-state index is -3.63. The van der Waals surface area contributed by atoms with Gasteiger partial charge in [0.25, 0.3) is 0 Å². The second-order valence-corrected chi connectivity index (χ2v) is 5.97. The fourth-order valence-electron chi connectivity index (χ4n) is 1.59. The van der Waals surface area contributed by atoms with Gasteiger partial charge in [0.05, 0.1) is 36.8 Å². The zero-order chi connectivity index (χ0) is 15.2. The highest BCUT2D eigenvalue weighted by molar-refractivity contribution is 7.92. The maximum Gasteiger partial charge on any atom is 0.335 e. The first-order valence-corrected chi connectivity index (χ1v) is 7.47. The fourth-order valence-corrected chi connectivity index (χ4v) is 2.99. The molecule has 0 unspecified atom stereocenters. The van der Waals surface area contributed by atoms with Gasteiger partial charge in [0.15, 0.2) is 0 Å². The van der Waals surface area contributed by atoms with Crippen LogP contribution in [0.2, 0.25) is 0 Å². The van der Waals surface area contributed by atoms with Crippen molar-refractivity contribution in [2.75, 3.05) is 36.9 Å². The van der Waals surface area contributed by atoms with E-state index in [1.807, 2.05) is 0 Å². The monoisotopic (exact) mass is 303 g/mol. The minimum absolute atomic E-state index is 0.0392. The number of aromatic carboxylic acids is 1. The van der Waals surface area contributed by atoms with Gasteiger partial charge in [0.2, 0.25) is 10.0 Å². The van der Waals surface area contributed by atoms with Gasteiger partial charge in [0.1, 0.15) is 0 Å². The van der Waals surface area contributed by atoms with Gasteiger partial charge in [-0.05, 0) is 24.3 Å². The molecule has 0 saturated heterocycles. The van der Waals surface area contributed by atoms with E-state index in [0.29, 0.717) is 5.69 Å². The number of aliphatic hydroxyl groups is 1. The van der Waals surface area contributed by atoms with Crippen LogP contribution in [-0.2, 0) is 14.8 Å². The van der Waals surface area contributed by atoms with Crippen molar-refractivity contribution >= 4 is 21.7 Å². The summed E-state index contributed by atoms with van der Waals surface area (Å²) in [5.74, 6) is -1.31. The maximum atomic E-state index is 12.1. The maximum absolute atomic E-state index is 12.1. The van der Waals surface area contributed by atoms with Crippen molar-refractivity contribution in [1.82, 2.24) is 0 Å². The van der Waals surface area contributed by atoms with Gasteiger partial charge in [0, 0.05) is 7.11 Å². The molecule has 0 aliphatic heterocycles. The Bertz CT molecular complexity index is 540. The molecule has 0 bridgehead atoms. The van der Waals surface area contributed by atoms with Crippen LogP contribution in [0.4, 0.5) is 5.69 Å². The molecule has 20 heavy (non-hydrogen) atoms. The van der Waals surface area contributed by atoms with Gasteiger partial charge < -0.3 is 14.9 Å². The van der Waals surface area contributed by atoms with E-state index < -0.39 is 16.0 Å². The third kappa shape index (κ3) is 4.19. The van der Waals surface area contributed by atoms with E-state index in [-0.39, 0.29) is 31.1 Å². The third-order valence-electron chi connectivity index (χ3n) is 2.59. The van der Waals surface area contributed by atoms with Gasteiger partial charge in [-0.3, -0.25) is 4.31 Å². The average Bonchev–Trinajstić information content (AvgIpc) is 2.42. The second-order valence-electron chi connectivity index (χ2n) is 3.96. The number of carbonyl (C=O) groups is 1. The SMILES string of the molecule is COCCS(=O)(=O)N(CCO)c1ccc(C(=O)O)cc1. The van der Waals surface area contributed by atoms with Crippen LogP contribution in [0.5, 0.6) is 0 Å². The molecule has 7 nitrogen and oxygen atoms in total. The Morgan fingerprint density at radius 1 is 1.30 bits per heavy atom. The Balaban J connectivity index is 3.04. The van der Waals surface area contributed by atoms with Crippen molar-refractivity contribution in [3.05, 3.63) is 29.8 Å². The lowest BCUT2D eigenvalue weighted by molar-refractivity contribution is 0.0697. The molecule has 0 amide bonds. The van der Waals surface area contributed by atoms with Gasteiger partial charge in [-0.25, -0.2) is 13.2 Å². The number of sulfonamides is 1. The van der Waals surface area contributed by atoms with Crippen LogP contribution >= 0.6 is 0 Å². The van der Waals surface area contributed by atoms with E-state index in [2.05, 4.69) is 0 Å². The number of aliphatic hydroxyl groups excluding tert-OH is 1. The minimum Gasteiger partial charge on any atom is -0.478 e. The number of hydrogen-bond acceptors (Lipinski definition) is 5. The lowest BCUT2D eigenvalue weighted by atomic mass is 10.2. The number of nitrogens with zero attached hydrogens (tertiary/aromatic N) is 1. The number of benzene rings is 1. The third-order valence-corrected chi connectivity index (χ3v) is 4.33. The highest BCUT2D eigenvalue weighted by atomic mass is 32.2. The molecule has 0 aliphatic rings. The Labute approximate surface area is 117 Å². The first kappa shape index (κ1) is 16.4. The summed E-state index contributed by atoms with van der Waals surface area (Å²) in [7, 11) is -2.24. The molecule has 0 aliphatic carbocycles. The molecule has 0 aromatic heterocycles. The predicted octanol–water partition coefficient (Wildman–Crippen LogP) is 0.160. The molecule has 2 N–H and O–H groups in total. The Kier molecular flexibility index (Phi) is 5.93. The molecule has 0 atom stereocenters. The smallest absolute Gasteiger partial charge is 0.335 e. The molecular formula is C12H17NO6S. The van der Waals surface area contributed by atoms with Crippen molar-refractivity contribution in [2.45, 2.75) is 0 Å². The summed E-state index contributed by atoms with van der Waals surface area (Å²) in [5, 5.41) is 17.8. The standard InChI is InChI=1S/C12H17NO6S/c1-19-8-9-20(17,18)13(6-7-14)11-4-2-10(3-5-11)12(15)16/h2-5,14H,6-9H2,1H3,(H,15,16). The lowest BCUT2D eigenvalue weighted by Gasteiger charge is -2.23. The van der Waals surface area contributed by atoms with Crippen LogP contribution < -0.4 is 4.31 Å². The Morgan fingerprint density at radius 2 is 1.90 bits per heavy atom. The molecule has 0 fully saturated rings. The van der Waals surface area contributed by atoms with Crippen molar-refractivity contribution < 1.29 is 28.2 Å². The number of methoxy groups -OCH3 is 1. The van der Waals surface area contributed by atoms with Crippen LogP contribution in [0, 0.1) is 0 Å². The summed E-state index contributed by atoms with van der Waals surface area (Å²) in [5.41, 5.74) is 0.368. The molecule has 0 radical (unpaired) electrons. The van der Waals surface area contributed by atoms with Gasteiger partial charge >= 0.3 is 5.97 Å². The summed E-state index contributed by atoms with van der Waals surface area (Å²) in [6.45, 7) is -0.400. The Hall–Kier alpha value is -1.64. The van der Waals surface area contributed by atoms with E-state index in [0.717, 1.165) is 4.31 Å². The van der Waals surface area contributed by atoms with E-state index in [1.54, 1.807) is 0 Å². The van der Waals surface area contributed by atoms with Crippen molar-refractivity contribution in [2.24, 2.45) is 0 Å². The van der Waals surface area contributed by atoms with Crippen LogP contribution in [0.1, 0.15) is 10.4 Å². The Morgan fingerprint density at radius 3 is 2.35 bits per heavy atom. The summed E-state index contributed by atoms with van der Waals surface area (Å²) in [6, 6.07) is 5.41. The van der Waals surface area contributed by atoms with Gasteiger partial charge in [-0.1, -0.05) is 0 Å². The van der Waals surface area contributed by atoms with Crippen LogP contribution in [0.25, 0.3) is 0 Å². The van der Waals surface area contributed by atoms with E-state index in [1.165, 1.54) is 31.4 Å². The van der Waals surface area contributed by atoms with Crippen LogP contribution in [0.15, 0.2) is 24.3 Å². The molecule has 112 valence electrons. The second kappa shape index (κ2) is 7.22. The zero-order valence-electron chi connectivity index (χ0n) is 11.0. The first-order chi connectivity index (χ1) is 9.42. The molecule has 1 aromatic carbocycles. The van der Waals surface area contributed by atoms with Gasteiger partial charge in [-0.15, -0.1) is 0 Å². The van der Waals surface area contributed by atoms with Crippen molar-refractivity contribution in [1.29, 1.82) is 0 Å². The van der Waals surface area contributed by atoms with Gasteiger partial charge in [-0.2, -0.15) is 0 Å². The molecule has 1 rings (SSSR count). The molecule has 8 heteroatoms. The van der Waals surface area contributed by atoms with Crippen LogP contribution in [0.3, 0.4) is 0 Å². The highest BCUT2D eigenvalue weighted by Crippen LogP contribution is 2.19. The molecular weight excluding hydrogens is 286 g/mol. The first-order valence-electron chi connectivity index (χ1n) is 5.86. The van der Waals surface area contributed by atoms with E-state index in [4.69, 9.17) is 14.9 Å². The van der Waals surface area contributed by atoms with Crippen molar-refractivity contribution in [3.63, 3.8) is 0 Å². The number of rotatable bonds is 8. The lowest BCUT2D eigenvalue weighted by Crippen LogP contribution is -2.36. The molecule has 1 aromatic rings. The number of hydrogen-bond donors (Lipinski definition) is 2. The normalized spacial score (nSPS) is 11.3. The largest absolute Gasteiger partial charge is 0.478 e. The summed E-state index contributed by atoms with van der Waals surface area (Å²) < 4.78 is 30.0. The molecule has 0 spiro atoms. The summed E-state index contributed by atoms with van der Waals surface area (Å²) >= 11 is 0. The van der Waals surface area contributed by atoms with Crippen molar-refractivity contribution in [3.8, 4) is 0 Å². The number of ether oxygens (including phenoxy) is 1. The fraction of sp³-hybridized carbons (Fsp3) is 0.417. The predicted molar refractivity (Wildman–Crippen MR) is 73.5 cm³/mol. The number of carboxylic acid groups (broad SMARTS) is 1. The quantitative estimate of drug-likeness (QED) is 0.709. The summed E-state index contributed by atoms with van der Waals surface area (Å²) in [4.78, 5) is 10.8. The number of anilines is 1. The van der Waals surface area contributed by atoms with E-state index in [9.17, 15) is 13.2 Å². The van der Waals surface area contributed by atoms with Crippen LogP contribution in [-0.4, -0.2) is 57.2 Å². The molecule has 0 saturated carbocycles. The zero-order valence-corrected chi connectivity index (χ0v) is 11.8. The topological polar surface area (TPSA) is 104 Å². The number of carboxylic acids is 1. The van der Waals surface area contributed by atoms with E-state index >= 15 is 0 Å².